The van der Waals surface area contributed by atoms with E-state index >= 15 is 0 Å². The van der Waals surface area contributed by atoms with Gasteiger partial charge in [0.2, 0.25) is 0 Å². The first-order chi connectivity index (χ1) is 9.77. The first-order valence-electron chi connectivity index (χ1n) is 6.63. The third-order valence-electron chi connectivity index (χ3n) is 3.53. The molecule has 0 aromatic heterocycles. The van der Waals surface area contributed by atoms with E-state index in [-0.39, 0.29) is 16.7 Å². The lowest BCUT2D eigenvalue weighted by molar-refractivity contribution is -0.137. The van der Waals surface area contributed by atoms with Crippen LogP contribution < -0.4 is 10.5 Å². The van der Waals surface area contributed by atoms with Crippen LogP contribution in [0.15, 0.2) is 18.2 Å². The Morgan fingerprint density at radius 2 is 1.95 bits per heavy atom. The molecular weight excluding hydrogens is 301 g/mol. The van der Waals surface area contributed by atoms with Crippen molar-refractivity contribution in [1.29, 1.82) is 0 Å². The molecule has 0 atom stereocenters. The Morgan fingerprint density at radius 3 is 2.48 bits per heavy atom. The van der Waals surface area contributed by atoms with E-state index in [1.54, 1.807) is 0 Å². The molecule has 1 aromatic rings. The molecule has 0 radical (unpaired) electrons. The van der Waals surface area contributed by atoms with Crippen molar-refractivity contribution in [2.45, 2.75) is 25.1 Å². The summed E-state index contributed by atoms with van der Waals surface area (Å²) in [5, 5.41) is 0. The van der Waals surface area contributed by atoms with Gasteiger partial charge in [-0.25, -0.2) is 0 Å². The molecule has 21 heavy (non-hydrogen) atoms. The lowest BCUT2D eigenvalue weighted by atomic mass is 10.1. The van der Waals surface area contributed by atoms with Gasteiger partial charge < -0.3 is 15.4 Å². The molecule has 3 nitrogen and oxygen atoms in total. The van der Waals surface area contributed by atoms with Crippen molar-refractivity contribution in [3.05, 3.63) is 29.3 Å². The highest BCUT2D eigenvalue weighted by Crippen LogP contribution is 2.34. The summed E-state index contributed by atoms with van der Waals surface area (Å²) in [5.74, 6) is 0.375. The van der Waals surface area contributed by atoms with Crippen molar-refractivity contribution in [2.75, 3.05) is 20.1 Å². The van der Waals surface area contributed by atoms with Crippen molar-refractivity contribution in [3.8, 4) is 5.75 Å². The minimum absolute atomic E-state index is 0.0112. The van der Waals surface area contributed by atoms with Crippen LogP contribution in [0, 0.1) is 0 Å². The van der Waals surface area contributed by atoms with Crippen LogP contribution in [-0.2, 0) is 6.18 Å². The van der Waals surface area contributed by atoms with Gasteiger partial charge >= 0.3 is 6.18 Å². The first kappa shape index (κ1) is 16.0. The highest BCUT2D eigenvalue weighted by atomic mass is 32.1. The lowest BCUT2D eigenvalue weighted by Crippen LogP contribution is -2.35. The molecule has 1 aromatic carbocycles. The number of hydrogen-bond acceptors (Lipinski definition) is 3. The Balaban J connectivity index is 2.18. The van der Waals surface area contributed by atoms with Crippen LogP contribution >= 0.6 is 12.2 Å². The summed E-state index contributed by atoms with van der Waals surface area (Å²) in [5.41, 5.74) is 4.38. The summed E-state index contributed by atoms with van der Waals surface area (Å²) in [6.07, 6.45) is -2.78. The van der Waals surface area contributed by atoms with Gasteiger partial charge in [-0.2, -0.15) is 13.2 Å². The van der Waals surface area contributed by atoms with Gasteiger partial charge in [-0.3, -0.25) is 0 Å². The van der Waals surface area contributed by atoms with Crippen LogP contribution in [0.25, 0.3) is 0 Å². The predicted octanol–water partition coefficient (Wildman–Crippen LogP) is 2.81. The van der Waals surface area contributed by atoms with Crippen LogP contribution in [0.5, 0.6) is 5.75 Å². The zero-order valence-corrected chi connectivity index (χ0v) is 12.4. The third kappa shape index (κ3) is 4.07. The van der Waals surface area contributed by atoms with Gasteiger partial charge in [-0.1, -0.05) is 12.2 Å². The lowest BCUT2D eigenvalue weighted by Gasteiger charge is -2.29. The van der Waals surface area contributed by atoms with E-state index in [1.165, 1.54) is 12.1 Å². The van der Waals surface area contributed by atoms with E-state index in [0.717, 1.165) is 32.0 Å². The van der Waals surface area contributed by atoms with Crippen LogP contribution in [0.4, 0.5) is 13.2 Å². The Bertz CT molecular complexity index is 525. The molecule has 116 valence electrons. The van der Waals surface area contributed by atoms with Gasteiger partial charge in [0.05, 0.1) is 5.56 Å². The van der Waals surface area contributed by atoms with Gasteiger partial charge in [0.15, 0.2) is 0 Å². The molecule has 7 heteroatoms. The summed E-state index contributed by atoms with van der Waals surface area (Å²) in [4.78, 5) is 1.91. The molecular formula is C14H17F3N2OS. The Labute approximate surface area is 126 Å². The molecule has 2 rings (SSSR count). The quantitative estimate of drug-likeness (QED) is 0.870. The molecule has 0 spiro atoms. The topological polar surface area (TPSA) is 38.5 Å². The highest BCUT2D eigenvalue weighted by molar-refractivity contribution is 7.80. The number of thiocarbonyl (C=S) groups is 1. The van der Waals surface area contributed by atoms with Crippen molar-refractivity contribution < 1.29 is 17.9 Å². The van der Waals surface area contributed by atoms with E-state index in [2.05, 4.69) is 4.90 Å². The standard InChI is InChI=1S/C14H17F3N2OS/c1-19-6-4-9(5-7-19)20-10-2-3-12(14(15,16)17)11(8-10)13(18)21/h2-3,8-9H,4-7H2,1H3,(H2,18,21). The molecule has 2 N–H and O–H groups in total. The maximum Gasteiger partial charge on any atom is 0.417 e. The molecule has 1 heterocycles. The fourth-order valence-corrected chi connectivity index (χ4v) is 2.51. The van der Waals surface area contributed by atoms with Crippen molar-refractivity contribution in [1.82, 2.24) is 4.90 Å². The SMILES string of the molecule is CN1CCC(Oc2ccc(C(F)(F)F)c(C(N)=S)c2)CC1. The highest BCUT2D eigenvalue weighted by Gasteiger charge is 2.34. The van der Waals surface area contributed by atoms with E-state index in [1.807, 2.05) is 7.05 Å². The van der Waals surface area contributed by atoms with E-state index in [4.69, 9.17) is 22.7 Å². The minimum atomic E-state index is -4.48. The zero-order chi connectivity index (χ0) is 15.6. The maximum atomic E-state index is 12.9. The smallest absolute Gasteiger partial charge is 0.417 e. The first-order valence-corrected chi connectivity index (χ1v) is 7.04. The number of alkyl halides is 3. The van der Waals surface area contributed by atoms with E-state index < -0.39 is 11.7 Å². The van der Waals surface area contributed by atoms with Crippen LogP contribution in [-0.4, -0.2) is 36.1 Å². The monoisotopic (exact) mass is 318 g/mol. The predicted molar refractivity (Wildman–Crippen MR) is 78.5 cm³/mol. The fraction of sp³-hybridized carbons (Fsp3) is 0.500. The molecule has 0 bridgehead atoms. The second kappa shape index (κ2) is 6.19. The summed E-state index contributed by atoms with van der Waals surface area (Å²) in [6.45, 7) is 1.82. The molecule has 0 unspecified atom stereocenters. The zero-order valence-electron chi connectivity index (χ0n) is 11.6. The maximum absolute atomic E-state index is 12.9. The fourth-order valence-electron chi connectivity index (χ4n) is 2.34. The van der Waals surface area contributed by atoms with E-state index in [9.17, 15) is 13.2 Å². The number of nitrogens with two attached hydrogens (primary N) is 1. The van der Waals surface area contributed by atoms with Crippen LogP contribution in [0.1, 0.15) is 24.0 Å². The number of likely N-dealkylation sites (tertiary alicyclic amines) is 1. The molecule has 0 aliphatic carbocycles. The number of piperidine rings is 1. The Kier molecular flexibility index (Phi) is 4.73. The number of halogens is 3. The minimum Gasteiger partial charge on any atom is -0.490 e. The summed E-state index contributed by atoms with van der Waals surface area (Å²) in [7, 11) is 2.03. The van der Waals surface area contributed by atoms with Crippen molar-refractivity contribution >= 4 is 17.2 Å². The number of nitrogens with zero attached hydrogens (tertiary/aromatic N) is 1. The number of ether oxygens (including phenoxy) is 1. The third-order valence-corrected chi connectivity index (χ3v) is 3.75. The second-order valence-electron chi connectivity index (χ2n) is 5.19. The van der Waals surface area contributed by atoms with Crippen molar-refractivity contribution in [3.63, 3.8) is 0 Å². The molecule has 1 aliphatic rings. The van der Waals surface area contributed by atoms with Crippen LogP contribution in [0.3, 0.4) is 0 Å². The van der Waals surface area contributed by atoms with Gasteiger partial charge in [-0.05, 0) is 38.1 Å². The molecule has 0 amide bonds. The molecule has 0 saturated carbocycles. The Morgan fingerprint density at radius 1 is 1.33 bits per heavy atom. The van der Waals surface area contributed by atoms with Gasteiger partial charge in [-0.15, -0.1) is 0 Å². The molecule has 1 aliphatic heterocycles. The normalized spacial score (nSPS) is 17.7. The van der Waals surface area contributed by atoms with Gasteiger partial charge in [0.1, 0.15) is 16.8 Å². The largest absolute Gasteiger partial charge is 0.490 e. The van der Waals surface area contributed by atoms with E-state index in [0.29, 0.717) is 5.75 Å². The summed E-state index contributed by atoms with van der Waals surface area (Å²) >= 11 is 4.71. The van der Waals surface area contributed by atoms with Gasteiger partial charge in [0.25, 0.3) is 0 Å². The van der Waals surface area contributed by atoms with Crippen LogP contribution in [0.2, 0.25) is 0 Å². The van der Waals surface area contributed by atoms with Gasteiger partial charge in [0, 0.05) is 18.7 Å². The summed E-state index contributed by atoms with van der Waals surface area (Å²) < 4.78 is 44.4. The number of hydrogen-bond donors (Lipinski definition) is 1. The summed E-state index contributed by atoms with van der Waals surface area (Å²) in [6, 6.07) is 3.57. The molecule has 1 saturated heterocycles. The average molecular weight is 318 g/mol. The Hall–Kier alpha value is -1.34. The van der Waals surface area contributed by atoms with Crippen molar-refractivity contribution in [2.24, 2.45) is 5.73 Å². The number of rotatable bonds is 3. The molecule has 1 fully saturated rings. The number of benzene rings is 1. The second-order valence-corrected chi connectivity index (χ2v) is 5.63. The average Bonchev–Trinajstić information content (AvgIpc) is 2.40.